The van der Waals surface area contributed by atoms with Gasteiger partial charge in [0.2, 0.25) is 0 Å². The standard InChI is InChI=1S/C21H21NO3/c1-22(21(23)16-6-9-19(24-2)10-7-16)14-15-4-5-18-13-20(25-3)11-8-17(18)12-15/h4-13H,14H2,1-3H3. The van der Waals surface area contributed by atoms with Crippen LogP contribution in [0.4, 0.5) is 0 Å². The Labute approximate surface area is 147 Å². The number of rotatable bonds is 5. The zero-order valence-electron chi connectivity index (χ0n) is 14.7. The highest BCUT2D eigenvalue weighted by Gasteiger charge is 2.12. The van der Waals surface area contributed by atoms with Crippen LogP contribution in [0.2, 0.25) is 0 Å². The van der Waals surface area contributed by atoms with Gasteiger partial charge in [-0.1, -0.05) is 18.2 Å². The van der Waals surface area contributed by atoms with Gasteiger partial charge in [-0.25, -0.2) is 0 Å². The summed E-state index contributed by atoms with van der Waals surface area (Å²) in [6, 6.07) is 19.3. The number of amides is 1. The monoisotopic (exact) mass is 335 g/mol. The summed E-state index contributed by atoms with van der Waals surface area (Å²) in [7, 11) is 5.08. The number of carbonyl (C=O) groups is 1. The number of ether oxygens (including phenoxy) is 2. The molecule has 0 spiro atoms. The summed E-state index contributed by atoms with van der Waals surface area (Å²) < 4.78 is 10.4. The van der Waals surface area contributed by atoms with E-state index in [1.807, 2.05) is 31.3 Å². The fourth-order valence-corrected chi connectivity index (χ4v) is 2.80. The van der Waals surface area contributed by atoms with Gasteiger partial charge in [0.15, 0.2) is 0 Å². The van der Waals surface area contributed by atoms with E-state index in [2.05, 4.69) is 12.1 Å². The van der Waals surface area contributed by atoms with E-state index in [4.69, 9.17) is 9.47 Å². The Morgan fingerprint density at radius 1 is 0.840 bits per heavy atom. The zero-order valence-corrected chi connectivity index (χ0v) is 14.7. The van der Waals surface area contributed by atoms with Crippen molar-refractivity contribution in [1.82, 2.24) is 4.90 Å². The lowest BCUT2D eigenvalue weighted by Crippen LogP contribution is -2.26. The first-order valence-electron chi connectivity index (χ1n) is 8.07. The molecule has 0 radical (unpaired) electrons. The van der Waals surface area contributed by atoms with Crippen LogP contribution in [0.15, 0.2) is 60.7 Å². The number of fused-ring (bicyclic) bond motifs is 1. The molecule has 0 atom stereocenters. The van der Waals surface area contributed by atoms with Crippen molar-refractivity contribution in [3.8, 4) is 11.5 Å². The first-order valence-corrected chi connectivity index (χ1v) is 8.07. The van der Waals surface area contributed by atoms with Crippen molar-refractivity contribution >= 4 is 16.7 Å². The number of hydrogen-bond donors (Lipinski definition) is 0. The second-order valence-electron chi connectivity index (χ2n) is 5.94. The van der Waals surface area contributed by atoms with Gasteiger partial charge in [-0.3, -0.25) is 4.79 Å². The Morgan fingerprint density at radius 2 is 1.44 bits per heavy atom. The minimum absolute atomic E-state index is 0.0162. The molecule has 0 unspecified atom stereocenters. The highest BCUT2D eigenvalue weighted by molar-refractivity contribution is 5.94. The molecular weight excluding hydrogens is 314 g/mol. The van der Waals surface area contributed by atoms with Crippen molar-refractivity contribution in [1.29, 1.82) is 0 Å². The average molecular weight is 335 g/mol. The first-order chi connectivity index (χ1) is 12.1. The Hall–Kier alpha value is -3.01. The van der Waals surface area contributed by atoms with E-state index in [0.29, 0.717) is 12.1 Å². The van der Waals surface area contributed by atoms with Gasteiger partial charge in [-0.2, -0.15) is 0 Å². The lowest BCUT2D eigenvalue weighted by molar-refractivity contribution is 0.0785. The van der Waals surface area contributed by atoms with Crippen molar-refractivity contribution < 1.29 is 14.3 Å². The smallest absolute Gasteiger partial charge is 0.253 e. The molecule has 0 aliphatic rings. The molecule has 0 saturated carbocycles. The van der Waals surface area contributed by atoms with Crippen LogP contribution in [0.25, 0.3) is 10.8 Å². The van der Waals surface area contributed by atoms with E-state index >= 15 is 0 Å². The molecule has 0 aliphatic carbocycles. The maximum absolute atomic E-state index is 12.6. The Balaban J connectivity index is 1.76. The lowest BCUT2D eigenvalue weighted by atomic mass is 10.1. The topological polar surface area (TPSA) is 38.8 Å². The van der Waals surface area contributed by atoms with Gasteiger partial charge in [0.1, 0.15) is 11.5 Å². The third-order valence-corrected chi connectivity index (χ3v) is 4.22. The summed E-state index contributed by atoms with van der Waals surface area (Å²) >= 11 is 0. The summed E-state index contributed by atoms with van der Waals surface area (Å²) in [5.41, 5.74) is 1.73. The molecule has 4 nitrogen and oxygen atoms in total. The maximum Gasteiger partial charge on any atom is 0.253 e. The van der Waals surface area contributed by atoms with E-state index in [1.54, 1.807) is 43.4 Å². The quantitative estimate of drug-likeness (QED) is 0.704. The van der Waals surface area contributed by atoms with Gasteiger partial charge in [0.05, 0.1) is 14.2 Å². The molecule has 0 N–H and O–H groups in total. The van der Waals surface area contributed by atoms with Crippen molar-refractivity contribution in [2.45, 2.75) is 6.54 Å². The molecule has 0 saturated heterocycles. The predicted octanol–water partition coefficient (Wildman–Crippen LogP) is 4.13. The van der Waals surface area contributed by atoms with Gasteiger partial charge in [-0.05, 0) is 58.8 Å². The summed E-state index contributed by atoms with van der Waals surface area (Å²) in [4.78, 5) is 14.3. The van der Waals surface area contributed by atoms with Crippen molar-refractivity contribution in [2.75, 3.05) is 21.3 Å². The highest BCUT2D eigenvalue weighted by Crippen LogP contribution is 2.22. The zero-order chi connectivity index (χ0) is 17.8. The minimum atomic E-state index is -0.0162. The summed E-state index contributed by atoms with van der Waals surface area (Å²) in [5.74, 6) is 1.56. The van der Waals surface area contributed by atoms with Crippen molar-refractivity contribution in [3.63, 3.8) is 0 Å². The molecule has 3 aromatic rings. The van der Waals surface area contributed by atoms with Crippen LogP contribution >= 0.6 is 0 Å². The fraction of sp³-hybridized carbons (Fsp3) is 0.190. The van der Waals surface area contributed by atoms with Crippen LogP contribution in [0.5, 0.6) is 11.5 Å². The number of nitrogens with zero attached hydrogens (tertiary/aromatic N) is 1. The molecule has 3 aromatic carbocycles. The van der Waals surface area contributed by atoms with E-state index in [1.165, 1.54) is 0 Å². The van der Waals surface area contributed by atoms with Crippen LogP contribution in [0.1, 0.15) is 15.9 Å². The van der Waals surface area contributed by atoms with E-state index in [9.17, 15) is 4.79 Å². The maximum atomic E-state index is 12.6. The molecular formula is C21H21NO3. The number of benzene rings is 3. The van der Waals surface area contributed by atoms with Gasteiger partial charge in [-0.15, -0.1) is 0 Å². The van der Waals surface area contributed by atoms with E-state index in [-0.39, 0.29) is 5.91 Å². The third kappa shape index (κ3) is 3.74. The van der Waals surface area contributed by atoms with Crippen LogP contribution < -0.4 is 9.47 Å². The SMILES string of the molecule is COc1ccc(C(=O)N(C)Cc2ccc3cc(OC)ccc3c2)cc1. The van der Waals surface area contributed by atoms with Crippen LogP contribution in [-0.2, 0) is 6.54 Å². The molecule has 0 heterocycles. The largest absolute Gasteiger partial charge is 0.497 e. The van der Waals surface area contributed by atoms with Gasteiger partial charge in [0, 0.05) is 19.2 Å². The number of carbonyl (C=O) groups excluding carboxylic acids is 1. The molecule has 3 rings (SSSR count). The van der Waals surface area contributed by atoms with Gasteiger partial charge < -0.3 is 14.4 Å². The summed E-state index contributed by atoms with van der Waals surface area (Å²) in [6.07, 6.45) is 0. The highest BCUT2D eigenvalue weighted by atomic mass is 16.5. The molecule has 0 aliphatic heterocycles. The number of hydrogen-bond acceptors (Lipinski definition) is 3. The fourth-order valence-electron chi connectivity index (χ4n) is 2.80. The lowest BCUT2D eigenvalue weighted by Gasteiger charge is -2.18. The minimum Gasteiger partial charge on any atom is -0.497 e. The Kier molecular flexibility index (Phi) is 4.89. The molecule has 25 heavy (non-hydrogen) atoms. The predicted molar refractivity (Wildman–Crippen MR) is 99.3 cm³/mol. The van der Waals surface area contributed by atoms with Crippen molar-refractivity contribution in [3.05, 3.63) is 71.8 Å². The number of methoxy groups -OCH3 is 2. The summed E-state index contributed by atoms with van der Waals surface area (Å²) in [5, 5.41) is 2.25. The van der Waals surface area contributed by atoms with Crippen molar-refractivity contribution in [2.24, 2.45) is 0 Å². The van der Waals surface area contributed by atoms with Crippen LogP contribution in [0, 0.1) is 0 Å². The van der Waals surface area contributed by atoms with Gasteiger partial charge >= 0.3 is 0 Å². The van der Waals surface area contributed by atoms with E-state index < -0.39 is 0 Å². The molecule has 128 valence electrons. The summed E-state index contributed by atoms with van der Waals surface area (Å²) in [6.45, 7) is 0.548. The van der Waals surface area contributed by atoms with Gasteiger partial charge in [0.25, 0.3) is 5.91 Å². The molecule has 0 fully saturated rings. The third-order valence-electron chi connectivity index (χ3n) is 4.22. The average Bonchev–Trinajstić information content (AvgIpc) is 2.67. The first kappa shape index (κ1) is 16.8. The normalized spacial score (nSPS) is 10.5. The molecule has 4 heteroatoms. The Morgan fingerprint density at radius 3 is 2.12 bits per heavy atom. The van der Waals surface area contributed by atoms with Crippen LogP contribution in [0.3, 0.4) is 0 Å². The Bertz CT molecular complexity index is 887. The second kappa shape index (κ2) is 7.26. The molecule has 0 bridgehead atoms. The molecule has 1 amide bonds. The van der Waals surface area contributed by atoms with Crippen LogP contribution in [-0.4, -0.2) is 32.1 Å². The second-order valence-corrected chi connectivity index (χ2v) is 5.94. The van der Waals surface area contributed by atoms with E-state index in [0.717, 1.165) is 27.8 Å². The molecule has 0 aromatic heterocycles.